The smallest absolute Gasteiger partial charge is 0.131 e. The number of aromatic nitrogens is 2. The van der Waals surface area contributed by atoms with Gasteiger partial charge < -0.3 is 5.32 Å². The van der Waals surface area contributed by atoms with Crippen molar-refractivity contribution in [3.8, 4) is 0 Å². The molecule has 0 fully saturated rings. The Morgan fingerprint density at radius 3 is 2.80 bits per heavy atom. The highest BCUT2D eigenvalue weighted by atomic mass is 19.1. The fourth-order valence-corrected chi connectivity index (χ4v) is 2.14. The van der Waals surface area contributed by atoms with Crippen LogP contribution in [0.5, 0.6) is 0 Å². The second-order valence-corrected chi connectivity index (χ2v) is 4.63. The molecule has 1 aromatic heterocycles. The number of anilines is 1. The lowest BCUT2D eigenvalue weighted by molar-refractivity contribution is 0.574. The van der Waals surface area contributed by atoms with Crippen molar-refractivity contribution in [1.29, 1.82) is 0 Å². The Morgan fingerprint density at radius 1 is 1.15 bits per heavy atom. The van der Waals surface area contributed by atoms with E-state index in [0.29, 0.717) is 12.1 Å². The summed E-state index contributed by atoms with van der Waals surface area (Å²) in [4.78, 5) is 0. The van der Waals surface area contributed by atoms with Gasteiger partial charge in [-0.3, -0.25) is 4.68 Å². The van der Waals surface area contributed by atoms with Gasteiger partial charge in [-0.1, -0.05) is 6.07 Å². The van der Waals surface area contributed by atoms with Crippen molar-refractivity contribution >= 4 is 16.6 Å². The number of fused-ring (bicyclic) bond motifs is 1. The van der Waals surface area contributed by atoms with Crippen LogP contribution in [0.15, 0.2) is 42.6 Å². The summed E-state index contributed by atoms with van der Waals surface area (Å²) < 4.78 is 28.1. The van der Waals surface area contributed by atoms with Crippen LogP contribution in [0.3, 0.4) is 0 Å². The van der Waals surface area contributed by atoms with Crippen LogP contribution in [0.25, 0.3) is 10.9 Å². The minimum absolute atomic E-state index is 0.303. The van der Waals surface area contributed by atoms with Gasteiger partial charge in [0.2, 0.25) is 0 Å². The Balaban J connectivity index is 1.79. The maximum Gasteiger partial charge on any atom is 0.131 e. The molecule has 0 atom stereocenters. The summed E-state index contributed by atoms with van der Waals surface area (Å²) in [5, 5.41) is 8.30. The molecule has 1 heterocycles. The van der Waals surface area contributed by atoms with E-state index < -0.39 is 11.6 Å². The molecule has 102 valence electrons. The van der Waals surface area contributed by atoms with Gasteiger partial charge >= 0.3 is 0 Å². The van der Waals surface area contributed by atoms with E-state index in [1.165, 1.54) is 12.1 Å². The summed E-state index contributed by atoms with van der Waals surface area (Å²) >= 11 is 0. The van der Waals surface area contributed by atoms with Gasteiger partial charge in [-0.25, -0.2) is 8.78 Å². The number of benzene rings is 2. The maximum absolute atomic E-state index is 13.5. The molecule has 2 aromatic carbocycles. The zero-order valence-corrected chi connectivity index (χ0v) is 10.9. The Labute approximate surface area is 114 Å². The fourth-order valence-electron chi connectivity index (χ4n) is 2.14. The molecule has 0 spiro atoms. The van der Waals surface area contributed by atoms with Crippen molar-refractivity contribution < 1.29 is 8.78 Å². The largest absolute Gasteiger partial charge is 0.381 e. The molecule has 0 saturated carbocycles. The summed E-state index contributed by atoms with van der Waals surface area (Å²) in [7, 11) is 1.88. The molecule has 0 aliphatic heterocycles. The number of aryl methyl sites for hydroxylation is 1. The molecule has 0 aliphatic carbocycles. The van der Waals surface area contributed by atoms with Crippen LogP contribution in [0.2, 0.25) is 0 Å². The fraction of sp³-hybridized carbons (Fsp3) is 0.133. The zero-order chi connectivity index (χ0) is 14.1. The summed E-state index contributed by atoms with van der Waals surface area (Å²) in [5.41, 5.74) is 2.33. The highest BCUT2D eigenvalue weighted by molar-refractivity contribution is 5.82. The van der Waals surface area contributed by atoms with Crippen molar-refractivity contribution in [3.05, 3.63) is 59.8 Å². The molecule has 3 nitrogen and oxygen atoms in total. The van der Waals surface area contributed by atoms with Crippen LogP contribution in [-0.2, 0) is 13.6 Å². The molecule has 5 heteroatoms. The first kappa shape index (κ1) is 12.6. The second-order valence-electron chi connectivity index (χ2n) is 4.63. The Kier molecular flexibility index (Phi) is 3.10. The third-order valence-electron chi connectivity index (χ3n) is 3.24. The minimum Gasteiger partial charge on any atom is -0.381 e. The lowest BCUT2D eigenvalue weighted by atomic mass is 10.2. The van der Waals surface area contributed by atoms with Crippen LogP contribution in [0, 0.1) is 11.6 Å². The first-order chi connectivity index (χ1) is 9.63. The predicted molar refractivity (Wildman–Crippen MR) is 74.4 cm³/mol. The van der Waals surface area contributed by atoms with E-state index >= 15 is 0 Å². The lowest BCUT2D eigenvalue weighted by Crippen LogP contribution is -2.02. The van der Waals surface area contributed by atoms with Crippen LogP contribution < -0.4 is 5.32 Å². The quantitative estimate of drug-likeness (QED) is 0.792. The number of halogens is 2. The van der Waals surface area contributed by atoms with E-state index in [4.69, 9.17) is 0 Å². The molecule has 0 saturated heterocycles. The number of nitrogens with zero attached hydrogens (tertiary/aromatic N) is 2. The van der Waals surface area contributed by atoms with Gasteiger partial charge in [0.15, 0.2) is 0 Å². The molecule has 0 aliphatic rings. The molecule has 3 aromatic rings. The number of rotatable bonds is 3. The van der Waals surface area contributed by atoms with Gasteiger partial charge in [0, 0.05) is 36.3 Å². The van der Waals surface area contributed by atoms with Crippen molar-refractivity contribution in [2.45, 2.75) is 6.54 Å². The molecular weight excluding hydrogens is 260 g/mol. The SMILES string of the molecule is Cn1ncc2cc(NCc3ccc(F)cc3F)ccc21. The van der Waals surface area contributed by atoms with E-state index in [1.807, 2.05) is 25.2 Å². The van der Waals surface area contributed by atoms with Crippen molar-refractivity contribution in [2.24, 2.45) is 7.05 Å². The summed E-state index contributed by atoms with van der Waals surface area (Å²) in [5.74, 6) is -1.11. The van der Waals surface area contributed by atoms with Gasteiger partial charge in [0.1, 0.15) is 11.6 Å². The molecular formula is C15H13F2N3. The zero-order valence-electron chi connectivity index (χ0n) is 10.9. The van der Waals surface area contributed by atoms with Crippen molar-refractivity contribution in [1.82, 2.24) is 9.78 Å². The molecule has 0 bridgehead atoms. The minimum atomic E-state index is -0.567. The van der Waals surface area contributed by atoms with Gasteiger partial charge in [-0.15, -0.1) is 0 Å². The van der Waals surface area contributed by atoms with E-state index in [-0.39, 0.29) is 0 Å². The summed E-state index contributed by atoms with van der Waals surface area (Å²) in [6.45, 7) is 0.303. The van der Waals surface area contributed by atoms with Gasteiger partial charge in [0.05, 0.1) is 11.7 Å². The third kappa shape index (κ3) is 2.34. The molecule has 0 radical (unpaired) electrons. The first-order valence-electron chi connectivity index (χ1n) is 6.23. The van der Waals surface area contributed by atoms with Crippen molar-refractivity contribution in [2.75, 3.05) is 5.32 Å². The standard InChI is InChI=1S/C15H13F2N3/c1-20-15-5-4-13(6-11(15)9-19-20)18-8-10-2-3-12(16)7-14(10)17/h2-7,9,18H,8H2,1H3. The summed E-state index contributed by atoms with van der Waals surface area (Å²) in [6, 6.07) is 9.40. The van der Waals surface area contributed by atoms with Gasteiger partial charge in [-0.2, -0.15) is 5.10 Å². The van der Waals surface area contributed by atoms with E-state index in [0.717, 1.165) is 22.7 Å². The Hall–Kier alpha value is -2.43. The monoisotopic (exact) mass is 273 g/mol. The highest BCUT2D eigenvalue weighted by Crippen LogP contribution is 2.19. The van der Waals surface area contributed by atoms with Crippen molar-refractivity contribution in [3.63, 3.8) is 0 Å². The molecule has 3 rings (SSSR count). The average molecular weight is 273 g/mol. The Morgan fingerprint density at radius 2 is 2.00 bits per heavy atom. The van der Waals surface area contributed by atoms with E-state index in [9.17, 15) is 8.78 Å². The van der Waals surface area contributed by atoms with Crippen LogP contribution >= 0.6 is 0 Å². The first-order valence-corrected chi connectivity index (χ1v) is 6.23. The predicted octanol–water partition coefficient (Wildman–Crippen LogP) is 3.46. The van der Waals surface area contributed by atoms with E-state index in [2.05, 4.69) is 10.4 Å². The highest BCUT2D eigenvalue weighted by Gasteiger charge is 2.05. The van der Waals surface area contributed by atoms with Gasteiger partial charge in [-0.05, 0) is 24.3 Å². The maximum atomic E-state index is 13.5. The van der Waals surface area contributed by atoms with Crippen LogP contribution in [-0.4, -0.2) is 9.78 Å². The number of hydrogen-bond donors (Lipinski definition) is 1. The van der Waals surface area contributed by atoms with Crippen LogP contribution in [0.4, 0.5) is 14.5 Å². The Bertz CT molecular complexity index is 765. The lowest BCUT2D eigenvalue weighted by Gasteiger charge is -2.08. The normalized spacial score (nSPS) is 10.9. The summed E-state index contributed by atoms with van der Waals surface area (Å²) in [6.07, 6.45) is 1.78. The molecule has 0 unspecified atom stereocenters. The molecule has 1 N–H and O–H groups in total. The average Bonchev–Trinajstić information content (AvgIpc) is 2.79. The molecule has 0 amide bonds. The molecule has 20 heavy (non-hydrogen) atoms. The second kappa shape index (κ2) is 4.92. The van der Waals surface area contributed by atoms with E-state index in [1.54, 1.807) is 10.9 Å². The topological polar surface area (TPSA) is 29.9 Å². The third-order valence-corrected chi connectivity index (χ3v) is 3.24. The van der Waals surface area contributed by atoms with Crippen LogP contribution in [0.1, 0.15) is 5.56 Å². The number of hydrogen-bond acceptors (Lipinski definition) is 2. The number of nitrogens with one attached hydrogen (secondary N) is 1. The van der Waals surface area contributed by atoms with Gasteiger partial charge in [0.25, 0.3) is 0 Å².